The maximum absolute atomic E-state index is 5.09. The smallest absolute Gasteiger partial charge is 0.109 e. The lowest BCUT2D eigenvalue weighted by molar-refractivity contribution is -0.00560. The largest absolute Gasteiger partial charge is 0.366 e. The molecule has 50 valence electrons. The van der Waals surface area contributed by atoms with Crippen LogP contribution in [0.25, 0.3) is 0 Å². The van der Waals surface area contributed by atoms with Crippen LogP contribution in [0.15, 0.2) is 0 Å². The maximum atomic E-state index is 5.09. The van der Waals surface area contributed by atoms with Crippen molar-refractivity contribution < 1.29 is 4.74 Å². The molecule has 0 amide bonds. The summed E-state index contributed by atoms with van der Waals surface area (Å²) in [6.07, 6.45) is 1.33. The molecule has 0 aliphatic carbocycles. The van der Waals surface area contributed by atoms with Crippen molar-refractivity contribution >= 4 is 0 Å². The van der Waals surface area contributed by atoms with Gasteiger partial charge in [0.25, 0.3) is 0 Å². The second-order valence-corrected chi connectivity index (χ2v) is 2.06. The first kappa shape index (κ1) is 7.92. The molecule has 1 atom stereocenters. The van der Waals surface area contributed by atoms with Gasteiger partial charge in [-0.3, -0.25) is 4.90 Å². The quantitative estimate of drug-likeness (QED) is 0.510. The average molecular weight is 117 g/mol. The van der Waals surface area contributed by atoms with E-state index in [1.54, 1.807) is 7.11 Å². The van der Waals surface area contributed by atoms with Gasteiger partial charge in [-0.25, -0.2) is 0 Å². The zero-order valence-corrected chi connectivity index (χ0v) is 6.14. The standard InChI is InChI=1S/C6H15NO/c1-5-6(8-4)7(2)3/h6H,5H2,1-4H3. The first-order chi connectivity index (χ1) is 3.72. The molecule has 0 rings (SSSR count). The Morgan fingerprint density at radius 3 is 2.00 bits per heavy atom. The predicted octanol–water partition coefficient (Wildman–Crippen LogP) is 0.930. The summed E-state index contributed by atoms with van der Waals surface area (Å²) in [5, 5.41) is 0. The normalized spacial score (nSPS) is 14.6. The van der Waals surface area contributed by atoms with Crippen LogP contribution in [0.4, 0.5) is 0 Å². The maximum Gasteiger partial charge on any atom is 0.109 e. The molecule has 0 aliphatic rings. The minimum absolute atomic E-state index is 0.287. The molecule has 0 fully saturated rings. The molecule has 0 radical (unpaired) electrons. The molecule has 0 heterocycles. The molecular formula is C6H15NO. The Labute approximate surface area is 51.4 Å². The van der Waals surface area contributed by atoms with Gasteiger partial charge in [-0.05, 0) is 20.5 Å². The van der Waals surface area contributed by atoms with Crippen LogP contribution in [0.2, 0.25) is 0 Å². The van der Waals surface area contributed by atoms with E-state index in [1.165, 1.54) is 0 Å². The third-order valence-electron chi connectivity index (χ3n) is 1.20. The summed E-state index contributed by atoms with van der Waals surface area (Å²) < 4.78 is 5.09. The lowest BCUT2D eigenvalue weighted by Gasteiger charge is -2.20. The number of hydrogen-bond acceptors (Lipinski definition) is 2. The highest BCUT2D eigenvalue weighted by Gasteiger charge is 2.03. The lowest BCUT2D eigenvalue weighted by Crippen LogP contribution is -2.28. The van der Waals surface area contributed by atoms with Gasteiger partial charge in [0.2, 0.25) is 0 Å². The van der Waals surface area contributed by atoms with Crippen LogP contribution in [-0.4, -0.2) is 32.3 Å². The summed E-state index contributed by atoms with van der Waals surface area (Å²) in [4.78, 5) is 2.06. The molecule has 0 spiro atoms. The van der Waals surface area contributed by atoms with Crippen LogP contribution in [0.5, 0.6) is 0 Å². The first-order valence-corrected chi connectivity index (χ1v) is 2.91. The van der Waals surface area contributed by atoms with Crippen molar-refractivity contribution in [2.45, 2.75) is 19.6 Å². The minimum atomic E-state index is 0.287. The van der Waals surface area contributed by atoms with E-state index in [1.807, 2.05) is 14.1 Å². The van der Waals surface area contributed by atoms with Gasteiger partial charge in [0.05, 0.1) is 0 Å². The molecule has 2 heteroatoms. The number of rotatable bonds is 3. The summed E-state index contributed by atoms with van der Waals surface area (Å²) in [6, 6.07) is 0. The van der Waals surface area contributed by atoms with Crippen molar-refractivity contribution in [3.8, 4) is 0 Å². The van der Waals surface area contributed by atoms with Crippen LogP contribution in [-0.2, 0) is 4.74 Å². The fourth-order valence-corrected chi connectivity index (χ4v) is 0.743. The predicted molar refractivity (Wildman–Crippen MR) is 34.8 cm³/mol. The zero-order chi connectivity index (χ0) is 6.57. The highest BCUT2D eigenvalue weighted by atomic mass is 16.5. The van der Waals surface area contributed by atoms with E-state index in [2.05, 4.69) is 11.8 Å². The third-order valence-corrected chi connectivity index (χ3v) is 1.20. The van der Waals surface area contributed by atoms with Crippen molar-refractivity contribution in [3.05, 3.63) is 0 Å². The highest BCUT2D eigenvalue weighted by Crippen LogP contribution is 1.96. The number of ether oxygens (including phenoxy) is 1. The Hall–Kier alpha value is -0.0800. The van der Waals surface area contributed by atoms with E-state index in [0.717, 1.165) is 6.42 Å². The minimum Gasteiger partial charge on any atom is -0.366 e. The molecule has 0 bridgehead atoms. The summed E-state index contributed by atoms with van der Waals surface area (Å²) in [5.74, 6) is 0. The van der Waals surface area contributed by atoms with Crippen LogP contribution >= 0.6 is 0 Å². The number of nitrogens with zero attached hydrogens (tertiary/aromatic N) is 1. The van der Waals surface area contributed by atoms with Crippen molar-refractivity contribution in [3.63, 3.8) is 0 Å². The Kier molecular flexibility index (Phi) is 3.83. The van der Waals surface area contributed by atoms with Crippen molar-refractivity contribution in [1.29, 1.82) is 0 Å². The van der Waals surface area contributed by atoms with Crippen LogP contribution in [0, 0.1) is 0 Å². The van der Waals surface area contributed by atoms with E-state index < -0.39 is 0 Å². The SMILES string of the molecule is CCC(OC)N(C)C. The van der Waals surface area contributed by atoms with Crippen LogP contribution < -0.4 is 0 Å². The van der Waals surface area contributed by atoms with Gasteiger partial charge in [-0.2, -0.15) is 0 Å². The van der Waals surface area contributed by atoms with Crippen molar-refractivity contribution in [2.24, 2.45) is 0 Å². The summed E-state index contributed by atoms with van der Waals surface area (Å²) in [5.41, 5.74) is 0. The number of methoxy groups -OCH3 is 1. The van der Waals surface area contributed by atoms with Crippen LogP contribution in [0.1, 0.15) is 13.3 Å². The van der Waals surface area contributed by atoms with E-state index in [9.17, 15) is 0 Å². The van der Waals surface area contributed by atoms with Crippen LogP contribution in [0.3, 0.4) is 0 Å². The molecule has 0 N–H and O–H groups in total. The molecule has 2 nitrogen and oxygen atoms in total. The molecular weight excluding hydrogens is 102 g/mol. The van der Waals surface area contributed by atoms with Gasteiger partial charge in [-0.15, -0.1) is 0 Å². The monoisotopic (exact) mass is 117 g/mol. The van der Waals surface area contributed by atoms with E-state index in [0.29, 0.717) is 0 Å². The van der Waals surface area contributed by atoms with Gasteiger partial charge >= 0.3 is 0 Å². The van der Waals surface area contributed by atoms with Crippen molar-refractivity contribution in [1.82, 2.24) is 4.90 Å². The second kappa shape index (κ2) is 3.87. The van der Waals surface area contributed by atoms with Gasteiger partial charge in [0, 0.05) is 7.11 Å². The second-order valence-electron chi connectivity index (χ2n) is 2.06. The molecule has 8 heavy (non-hydrogen) atoms. The first-order valence-electron chi connectivity index (χ1n) is 2.91. The summed E-state index contributed by atoms with van der Waals surface area (Å²) in [7, 11) is 5.75. The Bertz CT molecular complexity index is 50.5. The molecule has 0 aromatic rings. The van der Waals surface area contributed by atoms with E-state index >= 15 is 0 Å². The number of hydrogen-bond donors (Lipinski definition) is 0. The molecule has 0 saturated heterocycles. The van der Waals surface area contributed by atoms with E-state index in [4.69, 9.17) is 4.74 Å². The molecule has 1 unspecified atom stereocenters. The van der Waals surface area contributed by atoms with Gasteiger partial charge in [-0.1, -0.05) is 6.92 Å². The molecule has 0 aromatic heterocycles. The van der Waals surface area contributed by atoms with Gasteiger partial charge in [0.15, 0.2) is 0 Å². The topological polar surface area (TPSA) is 12.5 Å². The third kappa shape index (κ3) is 2.28. The average Bonchev–Trinajstić information content (AvgIpc) is 1.69. The zero-order valence-electron chi connectivity index (χ0n) is 6.14. The molecule has 0 aromatic carbocycles. The van der Waals surface area contributed by atoms with Gasteiger partial charge in [0.1, 0.15) is 6.23 Å². The van der Waals surface area contributed by atoms with E-state index in [-0.39, 0.29) is 6.23 Å². The molecule has 0 aliphatic heterocycles. The fourth-order valence-electron chi connectivity index (χ4n) is 0.743. The lowest BCUT2D eigenvalue weighted by atomic mass is 10.4. The Morgan fingerprint density at radius 1 is 1.50 bits per heavy atom. The highest BCUT2D eigenvalue weighted by molar-refractivity contribution is 4.47. The Morgan fingerprint density at radius 2 is 2.00 bits per heavy atom. The summed E-state index contributed by atoms with van der Waals surface area (Å²) >= 11 is 0. The summed E-state index contributed by atoms with van der Waals surface area (Å²) in [6.45, 7) is 2.11. The van der Waals surface area contributed by atoms with Crippen molar-refractivity contribution in [2.75, 3.05) is 21.2 Å². The Balaban J connectivity index is 3.35. The van der Waals surface area contributed by atoms with Gasteiger partial charge < -0.3 is 4.74 Å². The fraction of sp³-hybridized carbons (Fsp3) is 1.00. The molecule has 0 saturated carbocycles.